The number of aliphatic hydroxyl groups is 1. The first-order chi connectivity index (χ1) is 16.0. The number of aliphatic hydroxyl groups excluding tert-OH is 1. The fraction of sp³-hybridized carbons (Fsp3) is 0.480. The van der Waals surface area contributed by atoms with Gasteiger partial charge in [0.15, 0.2) is 0 Å². The summed E-state index contributed by atoms with van der Waals surface area (Å²) in [6.45, 7) is 2.68. The van der Waals surface area contributed by atoms with Crippen molar-refractivity contribution in [3.8, 4) is 5.75 Å². The number of carbonyl (C=O) groups is 1. The number of benzene rings is 2. The van der Waals surface area contributed by atoms with E-state index >= 15 is 0 Å². The third-order valence-electron chi connectivity index (χ3n) is 5.63. The second-order valence-electron chi connectivity index (χ2n) is 8.45. The summed E-state index contributed by atoms with van der Waals surface area (Å²) in [5, 5.41) is 16.5. The molecule has 0 aliphatic carbocycles. The van der Waals surface area contributed by atoms with E-state index in [1.165, 1.54) is 0 Å². The molecule has 0 unspecified atom stereocenters. The van der Waals surface area contributed by atoms with Gasteiger partial charge in [0, 0.05) is 37.2 Å². The van der Waals surface area contributed by atoms with Crippen molar-refractivity contribution in [2.75, 3.05) is 32.9 Å². The van der Waals surface area contributed by atoms with Gasteiger partial charge >= 0.3 is 6.03 Å². The topological polar surface area (TPSA) is 73.8 Å². The van der Waals surface area contributed by atoms with E-state index in [9.17, 15) is 14.3 Å². The lowest BCUT2D eigenvalue weighted by molar-refractivity contribution is 0.172. The van der Waals surface area contributed by atoms with Gasteiger partial charge in [0.1, 0.15) is 5.75 Å². The Morgan fingerprint density at radius 2 is 1.88 bits per heavy atom. The molecule has 1 heterocycles. The maximum absolute atomic E-state index is 12.6. The highest BCUT2D eigenvalue weighted by molar-refractivity contribution is 6.30. The van der Waals surface area contributed by atoms with Gasteiger partial charge in [-0.1, -0.05) is 35.9 Å². The zero-order valence-corrected chi connectivity index (χ0v) is 19.6. The number of ether oxygens (including phenoxy) is 1. The summed E-state index contributed by atoms with van der Waals surface area (Å²) < 4.78 is 17.8. The van der Waals surface area contributed by atoms with Gasteiger partial charge in [0.2, 0.25) is 0 Å². The molecule has 180 valence electrons. The minimum absolute atomic E-state index is 0.114. The van der Waals surface area contributed by atoms with E-state index in [2.05, 4.69) is 15.5 Å². The molecular formula is C25H33ClFN3O3. The van der Waals surface area contributed by atoms with Crippen molar-refractivity contribution in [2.45, 2.75) is 44.4 Å². The van der Waals surface area contributed by atoms with Crippen LogP contribution in [0.5, 0.6) is 5.75 Å². The zero-order chi connectivity index (χ0) is 23.5. The fourth-order valence-corrected chi connectivity index (χ4v) is 3.99. The van der Waals surface area contributed by atoms with Crippen LogP contribution < -0.4 is 15.4 Å². The van der Waals surface area contributed by atoms with E-state index in [0.717, 1.165) is 29.8 Å². The highest BCUT2D eigenvalue weighted by Crippen LogP contribution is 2.16. The SMILES string of the molecule is O=C(NCc1ccc(Cl)cc1)N[C@@H](Cc1ccc(OCCCCF)cc1)CN1CC[C@@H](O)C1. The number of alkyl halides is 1. The lowest BCUT2D eigenvalue weighted by atomic mass is 10.1. The van der Waals surface area contributed by atoms with Gasteiger partial charge in [-0.3, -0.25) is 9.29 Å². The van der Waals surface area contributed by atoms with E-state index in [1.54, 1.807) is 12.1 Å². The summed E-state index contributed by atoms with van der Waals surface area (Å²) in [6, 6.07) is 14.8. The Morgan fingerprint density at radius 1 is 1.15 bits per heavy atom. The molecule has 0 radical (unpaired) electrons. The van der Waals surface area contributed by atoms with Gasteiger partial charge < -0.3 is 20.5 Å². The van der Waals surface area contributed by atoms with Gasteiger partial charge in [0.25, 0.3) is 0 Å². The quantitative estimate of drug-likeness (QED) is 0.405. The van der Waals surface area contributed by atoms with Crippen LogP contribution in [-0.4, -0.2) is 61.1 Å². The van der Waals surface area contributed by atoms with Crippen LogP contribution in [0.1, 0.15) is 30.4 Å². The third kappa shape index (κ3) is 9.20. The Bertz CT molecular complexity index is 851. The first-order valence-corrected chi connectivity index (χ1v) is 11.9. The van der Waals surface area contributed by atoms with E-state index in [4.69, 9.17) is 16.3 Å². The molecule has 6 nitrogen and oxygen atoms in total. The van der Waals surface area contributed by atoms with Crippen LogP contribution in [0.4, 0.5) is 9.18 Å². The predicted octanol–water partition coefficient (Wildman–Crippen LogP) is 3.95. The summed E-state index contributed by atoms with van der Waals surface area (Å²) in [7, 11) is 0. The Hall–Kier alpha value is -2.35. The lowest BCUT2D eigenvalue weighted by Crippen LogP contribution is -2.48. The summed E-state index contributed by atoms with van der Waals surface area (Å²) in [5.74, 6) is 0.755. The minimum Gasteiger partial charge on any atom is -0.494 e. The number of nitrogens with one attached hydrogen (secondary N) is 2. The van der Waals surface area contributed by atoms with E-state index in [-0.39, 0.29) is 24.9 Å². The van der Waals surface area contributed by atoms with Crippen LogP contribution in [0, 0.1) is 0 Å². The van der Waals surface area contributed by atoms with E-state index in [1.807, 2.05) is 36.4 Å². The molecule has 3 rings (SSSR count). The highest BCUT2D eigenvalue weighted by Gasteiger charge is 2.24. The molecule has 2 amide bonds. The molecular weight excluding hydrogens is 445 g/mol. The van der Waals surface area contributed by atoms with Crippen molar-refractivity contribution in [1.82, 2.24) is 15.5 Å². The normalized spacial score (nSPS) is 17.0. The van der Waals surface area contributed by atoms with Crippen molar-refractivity contribution >= 4 is 17.6 Å². The number of unbranched alkanes of at least 4 members (excludes halogenated alkanes) is 1. The Labute approximate surface area is 200 Å². The highest BCUT2D eigenvalue weighted by atomic mass is 35.5. The summed E-state index contributed by atoms with van der Waals surface area (Å²) in [5.41, 5.74) is 2.05. The maximum atomic E-state index is 12.6. The van der Waals surface area contributed by atoms with Crippen molar-refractivity contribution in [2.24, 2.45) is 0 Å². The average molecular weight is 478 g/mol. The van der Waals surface area contributed by atoms with Crippen molar-refractivity contribution in [3.63, 3.8) is 0 Å². The van der Waals surface area contributed by atoms with E-state index < -0.39 is 0 Å². The molecule has 1 saturated heterocycles. The number of halogens is 2. The van der Waals surface area contributed by atoms with Crippen LogP contribution in [0.25, 0.3) is 0 Å². The van der Waals surface area contributed by atoms with Crippen molar-refractivity contribution in [3.05, 3.63) is 64.7 Å². The second kappa shape index (κ2) is 13.4. The fourth-order valence-electron chi connectivity index (χ4n) is 3.86. The van der Waals surface area contributed by atoms with Crippen molar-refractivity contribution < 1.29 is 19.0 Å². The van der Waals surface area contributed by atoms with Crippen molar-refractivity contribution in [1.29, 1.82) is 0 Å². The van der Waals surface area contributed by atoms with Crippen LogP contribution in [0.3, 0.4) is 0 Å². The largest absolute Gasteiger partial charge is 0.494 e. The number of hydrogen-bond acceptors (Lipinski definition) is 4. The smallest absolute Gasteiger partial charge is 0.315 e. The molecule has 0 saturated carbocycles. The maximum Gasteiger partial charge on any atom is 0.315 e. The molecule has 3 N–H and O–H groups in total. The minimum atomic E-state index is -0.321. The second-order valence-corrected chi connectivity index (χ2v) is 8.88. The van der Waals surface area contributed by atoms with Gasteiger partial charge in [-0.25, -0.2) is 4.79 Å². The molecule has 2 aromatic carbocycles. The lowest BCUT2D eigenvalue weighted by Gasteiger charge is -2.25. The number of likely N-dealkylation sites (tertiary alicyclic amines) is 1. The van der Waals surface area contributed by atoms with Crippen LogP contribution in [-0.2, 0) is 13.0 Å². The molecule has 1 fully saturated rings. The Morgan fingerprint density at radius 3 is 2.55 bits per heavy atom. The van der Waals surface area contributed by atoms with Gasteiger partial charge in [-0.15, -0.1) is 0 Å². The summed E-state index contributed by atoms with van der Waals surface area (Å²) in [6.07, 6.45) is 2.30. The van der Waals surface area contributed by atoms with Gasteiger partial charge in [0.05, 0.1) is 19.4 Å². The predicted molar refractivity (Wildman–Crippen MR) is 129 cm³/mol. The number of carbonyl (C=O) groups excluding carboxylic acids is 1. The summed E-state index contributed by atoms with van der Waals surface area (Å²) >= 11 is 5.92. The standard InChI is InChI=1S/C25H33ClFN3O3/c26-21-7-3-20(4-8-21)16-28-25(32)29-22(17-30-13-11-23(31)18-30)15-19-5-9-24(10-6-19)33-14-2-1-12-27/h3-10,22-23,31H,1-2,11-18H2,(H2,28,29,32)/t22-,23+/m0/s1. The molecule has 1 aliphatic rings. The molecule has 2 aromatic rings. The molecule has 1 aliphatic heterocycles. The molecule has 0 spiro atoms. The zero-order valence-electron chi connectivity index (χ0n) is 18.8. The third-order valence-corrected chi connectivity index (χ3v) is 5.88. The number of hydrogen-bond donors (Lipinski definition) is 3. The summed E-state index contributed by atoms with van der Waals surface area (Å²) in [4.78, 5) is 14.8. The Balaban J connectivity index is 1.54. The molecule has 0 bridgehead atoms. The number of β-amino-alcohol motifs (C(OH)–C–C–N with tert-alkyl or cyclic N) is 1. The monoisotopic (exact) mass is 477 g/mol. The number of rotatable bonds is 12. The van der Waals surface area contributed by atoms with Gasteiger partial charge in [-0.05, 0) is 61.1 Å². The van der Waals surface area contributed by atoms with Crippen LogP contribution >= 0.6 is 11.6 Å². The number of amides is 2. The molecule has 0 aromatic heterocycles. The Kier molecular flexibility index (Phi) is 10.2. The van der Waals surface area contributed by atoms with Gasteiger partial charge in [-0.2, -0.15) is 0 Å². The van der Waals surface area contributed by atoms with Crippen LogP contribution in [0.15, 0.2) is 48.5 Å². The molecule has 8 heteroatoms. The molecule has 2 atom stereocenters. The van der Waals surface area contributed by atoms with E-state index in [0.29, 0.717) is 50.5 Å². The molecule has 33 heavy (non-hydrogen) atoms. The average Bonchev–Trinajstić information content (AvgIpc) is 3.22. The number of nitrogens with zero attached hydrogens (tertiary/aromatic N) is 1. The number of urea groups is 1. The van der Waals surface area contributed by atoms with Crippen LogP contribution in [0.2, 0.25) is 5.02 Å². The first-order valence-electron chi connectivity index (χ1n) is 11.5. The first kappa shape index (κ1) is 25.3.